The van der Waals surface area contributed by atoms with E-state index in [4.69, 9.17) is 4.74 Å². The van der Waals surface area contributed by atoms with Crippen LogP contribution < -0.4 is 0 Å². The number of hydrogen-bond donors (Lipinski definition) is 1. The number of hydrogen-bond acceptors (Lipinski definition) is 3. The van der Waals surface area contributed by atoms with E-state index in [1.54, 1.807) is 0 Å². The fraction of sp³-hybridized carbons (Fsp3) is 0.938. The molecule has 3 rings (SSSR count). The average Bonchev–Trinajstić information content (AvgIpc) is 2.96. The van der Waals surface area contributed by atoms with Crippen molar-refractivity contribution in [3.63, 3.8) is 0 Å². The SMILES string of the molecule is O=C(CC1CCCC1)N1CCC2(CC1)OCCC[C@@H]2O. The van der Waals surface area contributed by atoms with Crippen LogP contribution in [0.2, 0.25) is 0 Å². The molecule has 0 unspecified atom stereocenters. The number of amides is 1. The fourth-order valence-electron chi connectivity index (χ4n) is 4.11. The lowest BCUT2D eigenvalue weighted by Crippen LogP contribution is -2.56. The van der Waals surface area contributed by atoms with Crippen molar-refractivity contribution in [3.8, 4) is 0 Å². The number of likely N-dealkylation sites (tertiary alicyclic amines) is 1. The Balaban J connectivity index is 1.51. The molecule has 2 saturated heterocycles. The monoisotopic (exact) mass is 281 g/mol. The zero-order valence-corrected chi connectivity index (χ0v) is 12.4. The van der Waals surface area contributed by atoms with Gasteiger partial charge in [0.05, 0.1) is 11.7 Å². The van der Waals surface area contributed by atoms with Crippen molar-refractivity contribution in [2.45, 2.75) is 69.5 Å². The van der Waals surface area contributed by atoms with Gasteiger partial charge in [0.25, 0.3) is 0 Å². The average molecular weight is 281 g/mol. The Morgan fingerprint density at radius 2 is 1.85 bits per heavy atom. The summed E-state index contributed by atoms with van der Waals surface area (Å²) in [6, 6.07) is 0. The number of carbonyl (C=O) groups excluding carboxylic acids is 1. The maximum atomic E-state index is 12.3. The van der Waals surface area contributed by atoms with E-state index in [1.807, 2.05) is 4.90 Å². The van der Waals surface area contributed by atoms with Crippen LogP contribution in [0.4, 0.5) is 0 Å². The zero-order chi connectivity index (χ0) is 14.0. The molecule has 3 aliphatic rings. The van der Waals surface area contributed by atoms with E-state index < -0.39 is 0 Å². The molecule has 1 spiro atoms. The van der Waals surface area contributed by atoms with E-state index in [0.29, 0.717) is 11.8 Å². The van der Waals surface area contributed by atoms with Gasteiger partial charge in [-0.1, -0.05) is 12.8 Å². The molecular weight excluding hydrogens is 254 g/mol. The van der Waals surface area contributed by atoms with Crippen LogP contribution >= 0.6 is 0 Å². The van der Waals surface area contributed by atoms with Gasteiger partial charge in [-0.3, -0.25) is 4.79 Å². The zero-order valence-electron chi connectivity index (χ0n) is 12.4. The number of aliphatic hydroxyl groups excluding tert-OH is 1. The van der Waals surface area contributed by atoms with Gasteiger partial charge in [0.1, 0.15) is 0 Å². The van der Waals surface area contributed by atoms with Crippen molar-refractivity contribution in [3.05, 3.63) is 0 Å². The van der Waals surface area contributed by atoms with Gasteiger partial charge in [-0.15, -0.1) is 0 Å². The molecule has 0 aromatic heterocycles. The van der Waals surface area contributed by atoms with Crippen molar-refractivity contribution in [2.75, 3.05) is 19.7 Å². The summed E-state index contributed by atoms with van der Waals surface area (Å²) in [6.07, 6.45) is 8.82. The molecule has 2 heterocycles. The van der Waals surface area contributed by atoms with Crippen LogP contribution in [0.25, 0.3) is 0 Å². The van der Waals surface area contributed by atoms with E-state index in [9.17, 15) is 9.90 Å². The Kier molecular flexibility index (Phi) is 4.32. The molecule has 1 N–H and O–H groups in total. The predicted octanol–water partition coefficient (Wildman–Crippen LogP) is 2.10. The number of aliphatic hydroxyl groups is 1. The van der Waals surface area contributed by atoms with Gasteiger partial charge in [-0.05, 0) is 44.4 Å². The van der Waals surface area contributed by atoms with E-state index >= 15 is 0 Å². The summed E-state index contributed by atoms with van der Waals surface area (Å²) in [4.78, 5) is 14.3. The highest BCUT2D eigenvalue weighted by molar-refractivity contribution is 5.76. The van der Waals surface area contributed by atoms with Crippen molar-refractivity contribution in [1.29, 1.82) is 0 Å². The lowest BCUT2D eigenvalue weighted by atomic mass is 9.82. The van der Waals surface area contributed by atoms with Crippen LogP contribution in [-0.2, 0) is 9.53 Å². The van der Waals surface area contributed by atoms with Gasteiger partial charge in [0.15, 0.2) is 0 Å². The molecule has 0 radical (unpaired) electrons. The largest absolute Gasteiger partial charge is 0.390 e. The molecule has 1 atom stereocenters. The van der Waals surface area contributed by atoms with Gasteiger partial charge in [-0.2, -0.15) is 0 Å². The third-order valence-corrected chi connectivity index (χ3v) is 5.52. The Hall–Kier alpha value is -0.610. The topological polar surface area (TPSA) is 49.8 Å². The van der Waals surface area contributed by atoms with E-state index in [2.05, 4.69) is 0 Å². The highest BCUT2D eigenvalue weighted by atomic mass is 16.5. The number of ether oxygens (including phenoxy) is 1. The molecule has 3 fully saturated rings. The van der Waals surface area contributed by atoms with Gasteiger partial charge in [0.2, 0.25) is 5.91 Å². The molecule has 0 aromatic rings. The molecular formula is C16H27NO3. The van der Waals surface area contributed by atoms with Crippen LogP contribution in [0.3, 0.4) is 0 Å². The third kappa shape index (κ3) is 2.86. The Bertz CT molecular complexity index is 344. The molecule has 20 heavy (non-hydrogen) atoms. The summed E-state index contributed by atoms with van der Waals surface area (Å²) >= 11 is 0. The highest BCUT2D eigenvalue weighted by Crippen LogP contribution is 2.36. The lowest BCUT2D eigenvalue weighted by molar-refractivity contribution is -0.179. The van der Waals surface area contributed by atoms with Crippen LogP contribution in [0, 0.1) is 5.92 Å². The Morgan fingerprint density at radius 3 is 2.50 bits per heavy atom. The summed E-state index contributed by atoms with van der Waals surface area (Å²) in [7, 11) is 0. The van der Waals surface area contributed by atoms with Crippen LogP contribution in [-0.4, -0.2) is 47.3 Å². The first-order valence-corrected chi connectivity index (χ1v) is 8.29. The predicted molar refractivity (Wildman–Crippen MR) is 76.3 cm³/mol. The second-order valence-electron chi connectivity index (χ2n) is 6.81. The van der Waals surface area contributed by atoms with Crippen molar-refractivity contribution in [1.82, 2.24) is 4.90 Å². The molecule has 0 bridgehead atoms. The van der Waals surface area contributed by atoms with Crippen LogP contribution in [0.5, 0.6) is 0 Å². The van der Waals surface area contributed by atoms with E-state index in [0.717, 1.165) is 51.8 Å². The Morgan fingerprint density at radius 1 is 1.15 bits per heavy atom. The van der Waals surface area contributed by atoms with Crippen molar-refractivity contribution >= 4 is 5.91 Å². The first-order chi connectivity index (χ1) is 9.70. The van der Waals surface area contributed by atoms with Gasteiger partial charge in [0, 0.05) is 26.1 Å². The minimum absolute atomic E-state index is 0.317. The summed E-state index contributed by atoms with van der Waals surface area (Å²) in [5.74, 6) is 0.937. The number of rotatable bonds is 2. The second kappa shape index (κ2) is 6.02. The fourth-order valence-corrected chi connectivity index (χ4v) is 4.11. The smallest absolute Gasteiger partial charge is 0.222 e. The maximum absolute atomic E-state index is 12.3. The second-order valence-corrected chi connectivity index (χ2v) is 6.81. The first kappa shape index (κ1) is 14.3. The van der Waals surface area contributed by atoms with Crippen molar-refractivity contribution < 1.29 is 14.6 Å². The molecule has 4 nitrogen and oxygen atoms in total. The van der Waals surface area contributed by atoms with Gasteiger partial charge >= 0.3 is 0 Å². The molecule has 0 aromatic carbocycles. The van der Waals surface area contributed by atoms with Crippen molar-refractivity contribution in [2.24, 2.45) is 5.92 Å². The summed E-state index contributed by atoms with van der Waals surface area (Å²) in [5.41, 5.74) is -0.359. The summed E-state index contributed by atoms with van der Waals surface area (Å²) < 4.78 is 5.89. The quantitative estimate of drug-likeness (QED) is 0.843. The van der Waals surface area contributed by atoms with Crippen LogP contribution in [0.1, 0.15) is 57.8 Å². The highest BCUT2D eigenvalue weighted by Gasteiger charge is 2.44. The molecule has 4 heteroatoms. The molecule has 1 saturated carbocycles. The maximum Gasteiger partial charge on any atom is 0.222 e. The standard InChI is InChI=1S/C16H27NO3/c18-14-6-3-11-20-16(14)7-9-17(10-8-16)15(19)12-13-4-1-2-5-13/h13-14,18H,1-12H2/t14-/m0/s1. The lowest BCUT2D eigenvalue weighted by Gasteiger charge is -2.46. The number of carbonyl (C=O) groups is 1. The minimum atomic E-state index is -0.359. The van der Waals surface area contributed by atoms with Gasteiger partial charge in [-0.25, -0.2) is 0 Å². The summed E-state index contributed by atoms with van der Waals surface area (Å²) in [5, 5.41) is 10.2. The van der Waals surface area contributed by atoms with E-state index in [1.165, 1.54) is 25.7 Å². The molecule has 1 aliphatic carbocycles. The molecule has 1 amide bonds. The normalized spacial score (nSPS) is 30.9. The van der Waals surface area contributed by atoms with E-state index in [-0.39, 0.29) is 11.7 Å². The Labute approximate surface area is 121 Å². The summed E-state index contributed by atoms with van der Waals surface area (Å²) in [6.45, 7) is 2.26. The minimum Gasteiger partial charge on any atom is -0.390 e. The molecule has 114 valence electrons. The molecule has 2 aliphatic heterocycles. The third-order valence-electron chi connectivity index (χ3n) is 5.52. The van der Waals surface area contributed by atoms with Gasteiger partial charge < -0.3 is 14.7 Å². The number of piperidine rings is 1. The number of nitrogens with zero attached hydrogens (tertiary/aromatic N) is 1. The van der Waals surface area contributed by atoms with Crippen LogP contribution in [0.15, 0.2) is 0 Å². The first-order valence-electron chi connectivity index (χ1n) is 8.29.